The first kappa shape index (κ1) is 16.5. The number of hydrogen-bond donors (Lipinski definition) is 0. The number of rotatable bonds is 8. The van der Waals surface area contributed by atoms with Crippen LogP contribution in [-0.4, -0.2) is 36.1 Å². The molecule has 0 saturated heterocycles. The minimum Gasteiger partial charge on any atom is -0.383 e. The van der Waals surface area contributed by atoms with Gasteiger partial charge in [0.2, 0.25) is 5.82 Å². The predicted octanol–water partition coefficient (Wildman–Crippen LogP) is 2.98. The number of nitro groups is 1. The highest BCUT2D eigenvalue weighted by Crippen LogP contribution is 2.22. The molecule has 0 N–H and O–H groups in total. The van der Waals surface area contributed by atoms with Gasteiger partial charge in [0.25, 0.3) is 0 Å². The highest BCUT2D eigenvalue weighted by atomic mass is 19.1. The molecule has 0 aliphatic rings. The molecule has 6 heteroatoms. The number of benzene rings is 1. The average Bonchev–Trinajstić information content (AvgIpc) is 2.43. The Bertz CT molecular complexity index is 454. The van der Waals surface area contributed by atoms with Gasteiger partial charge in [-0.3, -0.25) is 15.0 Å². The van der Waals surface area contributed by atoms with E-state index in [1.165, 1.54) is 12.1 Å². The van der Waals surface area contributed by atoms with Crippen molar-refractivity contribution in [3.63, 3.8) is 0 Å². The van der Waals surface area contributed by atoms with Crippen LogP contribution in [0.25, 0.3) is 0 Å². The van der Waals surface area contributed by atoms with Crippen LogP contribution in [0.5, 0.6) is 0 Å². The molecule has 0 fully saturated rings. The summed E-state index contributed by atoms with van der Waals surface area (Å²) in [7, 11) is 1.61. The van der Waals surface area contributed by atoms with Crippen molar-refractivity contribution < 1.29 is 14.1 Å². The van der Waals surface area contributed by atoms with Gasteiger partial charge in [0.1, 0.15) is 0 Å². The van der Waals surface area contributed by atoms with Crippen LogP contribution >= 0.6 is 0 Å². The summed E-state index contributed by atoms with van der Waals surface area (Å²) >= 11 is 0. The lowest BCUT2D eigenvalue weighted by atomic mass is 10.1. The highest BCUT2D eigenvalue weighted by molar-refractivity contribution is 5.36. The second-order valence-electron chi connectivity index (χ2n) is 4.73. The fourth-order valence-corrected chi connectivity index (χ4v) is 1.97. The molecule has 0 spiro atoms. The molecule has 0 bridgehead atoms. The first-order chi connectivity index (χ1) is 9.51. The zero-order valence-corrected chi connectivity index (χ0v) is 12.1. The summed E-state index contributed by atoms with van der Waals surface area (Å²) in [5.74, 6) is -0.747. The third kappa shape index (κ3) is 4.25. The molecule has 5 nitrogen and oxygen atoms in total. The number of ether oxygens (including phenoxy) is 1. The molecule has 0 radical (unpaired) electrons. The van der Waals surface area contributed by atoms with Crippen LogP contribution in [0.4, 0.5) is 10.1 Å². The maximum atomic E-state index is 14.1. The van der Waals surface area contributed by atoms with E-state index in [4.69, 9.17) is 4.74 Å². The van der Waals surface area contributed by atoms with Crippen LogP contribution in [-0.2, 0) is 11.3 Å². The predicted molar refractivity (Wildman–Crippen MR) is 75.1 cm³/mol. The normalized spacial score (nSPS) is 12.7. The van der Waals surface area contributed by atoms with Crippen LogP contribution in [0, 0.1) is 15.9 Å². The smallest absolute Gasteiger partial charge is 0.305 e. The number of nitrogens with zero attached hydrogens (tertiary/aromatic N) is 2. The maximum Gasteiger partial charge on any atom is 0.305 e. The molecule has 0 aliphatic carbocycles. The molecule has 1 aromatic carbocycles. The van der Waals surface area contributed by atoms with Crippen molar-refractivity contribution >= 4 is 5.69 Å². The van der Waals surface area contributed by atoms with Gasteiger partial charge in [-0.25, -0.2) is 0 Å². The molecule has 112 valence electrons. The lowest BCUT2D eigenvalue weighted by Crippen LogP contribution is -2.35. The third-order valence-corrected chi connectivity index (χ3v) is 3.43. The van der Waals surface area contributed by atoms with Crippen LogP contribution in [0.2, 0.25) is 0 Å². The quantitative estimate of drug-likeness (QED) is 0.544. The van der Waals surface area contributed by atoms with Gasteiger partial charge in [-0.05, 0) is 13.3 Å². The van der Waals surface area contributed by atoms with E-state index >= 15 is 0 Å². The second-order valence-corrected chi connectivity index (χ2v) is 4.73. The van der Waals surface area contributed by atoms with Gasteiger partial charge in [-0.1, -0.05) is 19.1 Å². The summed E-state index contributed by atoms with van der Waals surface area (Å²) in [5.41, 5.74) is -0.131. The van der Waals surface area contributed by atoms with Crippen molar-refractivity contribution in [1.29, 1.82) is 0 Å². The molecule has 0 saturated carbocycles. The molecule has 0 heterocycles. The topological polar surface area (TPSA) is 55.6 Å². The van der Waals surface area contributed by atoms with E-state index in [1.54, 1.807) is 13.2 Å². The summed E-state index contributed by atoms with van der Waals surface area (Å²) < 4.78 is 19.1. The van der Waals surface area contributed by atoms with Gasteiger partial charge in [0.15, 0.2) is 0 Å². The Kier molecular flexibility index (Phi) is 6.54. The molecular weight excluding hydrogens is 263 g/mol. The fourth-order valence-electron chi connectivity index (χ4n) is 1.97. The van der Waals surface area contributed by atoms with Crippen molar-refractivity contribution in [1.82, 2.24) is 4.90 Å². The minimum atomic E-state index is -0.747. The molecule has 0 aliphatic heterocycles. The van der Waals surface area contributed by atoms with Gasteiger partial charge in [-0.2, -0.15) is 4.39 Å². The third-order valence-electron chi connectivity index (χ3n) is 3.43. The first-order valence-corrected chi connectivity index (χ1v) is 6.66. The Morgan fingerprint density at radius 1 is 1.50 bits per heavy atom. The molecule has 20 heavy (non-hydrogen) atoms. The van der Waals surface area contributed by atoms with E-state index in [1.807, 2.05) is 13.8 Å². The SMILES string of the molecule is CCC(C)N(CCOC)Cc1cccc([N+](=O)[O-])c1F. The Labute approximate surface area is 118 Å². The first-order valence-electron chi connectivity index (χ1n) is 6.66. The van der Waals surface area contributed by atoms with E-state index in [0.29, 0.717) is 25.3 Å². The zero-order chi connectivity index (χ0) is 15.1. The molecular formula is C14H21FN2O3. The molecule has 1 atom stereocenters. The van der Waals surface area contributed by atoms with Gasteiger partial charge in [0, 0.05) is 37.9 Å². The lowest BCUT2D eigenvalue weighted by Gasteiger charge is -2.28. The van der Waals surface area contributed by atoms with Crippen LogP contribution in [0.3, 0.4) is 0 Å². The van der Waals surface area contributed by atoms with E-state index in [0.717, 1.165) is 6.42 Å². The van der Waals surface area contributed by atoms with Crippen LogP contribution < -0.4 is 0 Å². The largest absolute Gasteiger partial charge is 0.383 e. The van der Waals surface area contributed by atoms with E-state index in [2.05, 4.69) is 4.90 Å². The van der Waals surface area contributed by atoms with Crippen molar-refractivity contribution in [2.75, 3.05) is 20.3 Å². The summed E-state index contributed by atoms with van der Waals surface area (Å²) in [6.07, 6.45) is 0.917. The summed E-state index contributed by atoms with van der Waals surface area (Å²) in [6.45, 7) is 5.64. The monoisotopic (exact) mass is 284 g/mol. The summed E-state index contributed by atoms with van der Waals surface area (Å²) in [4.78, 5) is 12.1. The van der Waals surface area contributed by atoms with Crippen molar-refractivity contribution in [3.05, 3.63) is 39.7 Å². The molecule has 1 aromatic rings. The number of nitro benzene ring substituents is 1. The number of hydrogen-bond acceptors (Lipinski definition) is 4. The van der Waals surface area contributed by atoms with Crippen molar-refractivity contribution in [2.24, 2.45) is 0 Å². The molecule has 0 amide bonds. The van der Waals surface area contributed by atoms with Crippen molar-refractivity contribution in [3.8, 4) is 0 Å². The van der Waals surface area contributed by atoms with E-state index in [9.17, 15) is 14.5 Å². The minimum absolute atomic E-state index is 0.254. The Morgan fingerprint density at radius 3 is 2.75 bits per heavy atom. The fraction of sp³-hybridized carbons (Fsp3) is 0.571. The average molecular weight is 284 g/mol. The molecule has 0 aromatic heterocycles. The Hall–Kier alpha value is -1.53. The summed E-state index contributed by atoms with van der Waals surface area (Å²) in [6, 6.07) is 4.54. The molecule has 1 rings (SSSR count). The zero-order valence-electron chi connectivity index (χ0n) is 12.1. The van der Waals surface area contributed by atoms with E-state index in [-0.39, 0.29) is 6.04 Å². The van der Waals surface area contributed by atoms with Crippen molar-refractivity contribution in [2.45, 2.75) is 32.9 Å². The van der Waals surface area contributed by atoms with Gasteiger partial charge in [0.05, 0.1) is 11.5 Å². The lowest BCUT2D eigenvalue weighted by molar-refractivity contribution is -0.387. The van der Waals surface area contributed by atoms with Crippen LogP contribution in [0.15, 0.2) is 18.2 Å². The number of methoxy groups -OCH3 is 1. The van der Waals surface area contributed by atoms with Gasteiger partial charge in [-0.15, -0.1) is 0 Å². The maximum absolute atomic E-state index is 14.1. The van der Waals surface area contributed by atoms with Gasteiger partial charge < -0.3 is 4.74 Å². The molecule has 1 unspecified atom stereocenters. The summed E-state index contributed by atoms with van der Waals surface area (Å²) in [5, 5.41) is 10.8. The standard InChI is InChI=1S/C14H21FN2O3/c1-4-11(2)16(8-9-20-3)10-12-6-5-7-13(14(12)15)17(18)19/h5-7,11H,4,8-10H2,1-3H3. The Morgan fingerprint density at radius 2 is 2.20 bits per heavy atom. The van der Waals surface area contributed by atoms with E-state index < -0.39 is 16.4 Å². The number of halogens is 1. The van der Waals surface area contributed by atoms with Gasteiger partial charge >= 0.3 is 5.69 Å². The Balaban J connectivity index is 2.93. The second kappa shape index (κ2) is 7.91. The highest BCUT2D eigenvalue weighted by Gasteiger charge is 2.20. The van der Waals surface area contributed by atoms with Crippen LogP contribution in [0.1, 0.15) is 25.8 Å².